The van der Waals surface area contributed by atoms with Crippen molar-refractivity contribution in [1.82, 2.24) is 0 Å². The molecule has 0 fully saturated rings. The van der Waals surface area contributed by atoms with E-state index in [1.54, 1.807) is 6.07 Å². The summed E-state index contributed by atoms with van der Waals surface area (Å²) in [6.07, 6.45) is 1.77. The molecule has 1 heterocycles. The van der Waals surface area contributed by atoms with E-state index in [1.807, 2.05) is 36.4 Å². The fraction of sp³-hybridized carbons (Fsp3) is 0.160. The molecule has 4 aromatic rings. The molecule has 0 amide bonds. The van der Waals surface area contributed by atoms with E-state index < -0.39 is 0 Å². The molecule has 0 bridgehead atoms. The van der Waals surface area contributed by atoms with E-state index in [2.05, 4.69) is 36.4 Å². The number of halogens is 1. The zero-order valence-electron chi connectivity index (χ0n) is 15.3. The lowest BCUT2D eigenvalue weighted by molar-refractivity contribution is 0.408. The molecule has 0 aliphatic heterocycles. The van der Waals surface area contributed by atoms with Crippen molar-refractivity contribution in [3.8, 4) is 0 Å². The first-order chi connectivity index (χ1) is 13.7. The molecule has 1 aromatic heterocycles. The largest absolute Gasteiger partial charge is 0.460 e. The van der Waals surface area contributed by atoms with Crippen molar-refractivity contribution in [3.05, 3.63) is 117 Å². The Labute approximate surface area is 168 Å². The lowest BCUT2D eigenvalue weighted by Crippen LogP contribution is -2.23. The summed E-state index contributed by atoms with van der Waals surface area (Å²) in [7, 11) is 0. The van der Waals surface area contributed by atoms with Gasteiger partial charge >= 0.3 is 0 Å². The molecule has 0 unspecified atom stereocenters. The van der Waals surface area contributed by atoms with Crippen molar-refractivity contribution in [1.29, 1.82) is 0 Å². The number of hydrogen-bond donors (Lipinski definition) is 0. The van der Waals surface area contributed by atoms with Gasteiger partial charge in [-0.15, -0.1) is 0 Å². The summed E-state index contributed by atoms with van der Waals surface area (Å²) < 4.78 is 6.25. The number of rotatable bonds is 2. The Kier molecular flexibility index (Phi) is 4.29. The van der Waals surface area contributed by atoms with E-state index >= 15 is 0 Å². The van der Waals surface area contributed by atoms with E-state index in [1.165, 1.54) is 16.7 Å². The standard InChI is InChI=1S/C25H19ClO2/c26-19-11-9-16(10-12-19)21-13-17-5-1-2-6-18(17)14-22(21)25-15-23(27)20-7-3-4-8-24(20)28-25/h1-12,15,21-22H,13-14H2/t21-,22+/m1/s1. The van der Waals surface area contributed by atoms with E-state index in [4.69, 9.17) is 16.0 Å². The molecule has 2 atom stereocenters. The maximum absolute atomic E-state index is 12.7. The Morgan fingerprint density at radius 3 is 2.18 bits per heavy atom. The molecule has 3 aromatic carbocycles. The van der Waals surface area contributed by atoms with Crippen LogP contribution in [0.15, 0.2) is 88.1 Å². The lowest BCUT2D eigenvalue weighted by Gasteiger charge is -2.33. The lowest BCUT2D eigenvalue weighted by atomic mass is 9.71. The van der Waals surface area contributed by atoms with Gasteiger partial charge in [0.25, 0.3) is 0 Å². The summed E-state index contributed by atoms with van der Waals surface area (Å²) in [5.74, 6) is 1.10. The van der Waals surface area contributed by atoms with Crippen molar-refractivity contribution in [3.63, 3.8) is 0 Å². The van der Waals surface area contributed by atoms with E-state index in [9.17, 15) is 4.79 Å². The maximum atomic E-state index is 12.7. The number of hydrogen-bond acceptors (Lipinski definition) is 2. The Morgan fingerprint density at radius 1 is 0.786 bits per heavy atom. The molecule has 0 N–H and O–H groups in total. The molecule has 3 heteroatoms. The van der Waals surface area contributed by atoms with Gasteiger partial charge in [-0.05, 0) is 59.7 Å². The summed E-state index contributed by atoms with van der Waals surface area (Å²) in [5, 5.41) is 1.36. The van der Waals surface area contributed by atoms with E-state index in [-0.39, 0.29) is 17.3 Å². The van der Waals surface area contributed by atoms with Crippen LogP contribution in [0.4, 0.5) is 0 Å². The van der Waals surface area contributed by atoms with Crippen LogP contribution < -0.4 is 5.43 Å². The summed E-state index contributed by atoms with van der Waals surface area (Å²) in [6.45, 7) is 0. The van der Waals surface area contributed by atoms with Crippen LogP contribution >= 0.6 is 11.6 Å². The smallest absolute Gasteiger partial charge is 0.192 e. The Balaban J connectivity index is 1.66. The second kappa shape index (κ2) is 6.96. The summed E-state index contributed by atoms with van der Waals surface area (Å²) >= 11 is 6.11. The molecule has 1 aliphatic rings. The molecule has 0 radical (unpaired) electrons. The number of benzene rings is 3. The monoisotopic (exact) mass is 386 g/mol. The quantitative estimate of drug-likeness (QED) is 0.416. The van der Waals surface area contributed by atoms with Gasteiger partial charge in [-0.25, -0.2) is 0 Å². The minimum Gasteiger partial charge on any atom is -0.460 e. The Hall–Kier alpha value is -2.84. The maximum Gasteiger partial charge on any atom is 0.192 e. The highest BCUT2D eigenvalue weighted by Crippen LogP contribution is 2.43. The second-order valence-electron chi connectivity index (χ2n) is 7.45. The van der Waals surface area contributed by atoms with Crippen LogP contribution in [0.25, 0.3) is 11.0 Å². The molecule has 0 saturated carbocycles. The van der Waals surface area contributed by atoms with Crippen LogP contribution in [0.1, 0.15) is 34.3 Å². The van der Waals surface area contributed by atoms with Gasteiger partial charge in [0.15, 0.2) is 5.43 Å². The summed E-state index contributed by atoms with van der Waals surface area (Å²) in [4.78, 5) is 12.7. The van der Waals surface area contributed by atoms with Crippen LogP contribution in [-0.2, 0) is 12.8 Å². The van der Waals surface area contributed by atoms with Crippen molar-refractivity contribution in [2.24, 2.45) is 0 Å². The SMILES string of the molecule is O=c1cc([C@H]2Cc3ccccc3C[C@@H]2c2ccc(Cl)cc2)oc2ccccc12. The van der Waals surface area contributed by atoms with Gasteiger partial charge in [0.1, 0.15) is 11.3 Å². The Bertz CT molecular complexity index is 1210. The number of fused-ring (bicyclic) bond motifs is 2. The topological polar surface area (TPSA) is 30.2 Å². The van der Waals surface area contributed by atoms with Crippen LogP contribution in [-0.4, -0.2) is 0 Å². The first kappa shape index (κ1) is 17.3. The van der Waals surface area contributed by atoms with Crippen LogP contribution in [0.5, 0.6) is 0 Å². The van der Waals surface area contributed by atoms with Gasteiger partial charge in [0.05, 0.1) is 5.39 Å². The second-order valence-corrected chi connectivity index (χ2v) is 7.89. The fourth-order valence-corrected chi connectivity index (χ4v) is 4.50. The fourth-order valence-electron chi connectivity index (χ4n) is 4.38. The van der Waals surface area contributed by atoms with Crippen LogP contribution in [0.3, 0.4) is 0 Å². The molecular weight excluding hydrogens is 368 g/mol. The zero-order valence-corrected chi connectivity index (χ0v) is 16.0. The average molecular weight is 387 g/mol. The molecule has 138 valence electrons. The van der Waals surface area contributed by atoms with Gasteiger partial charge in [0, 0.05) is 17.0 Å². The zero-order chi connectivity index (χ0) is 19.1. The highest BCUT2D eigenvalue weighted by Gasteiger charge is 2.32. The van der Waals surface area contributed by atoms with E-state index in [0.717, 1.165) is 23.6 Å². The third-order valence-corrected chi connectivity index (χ3v) is 6.05. The van der Waals surface area contributed by atoms with Crippen molar-refractivity contribution < 1.29 is 4.42 Å². The minimum atomic E-state index is 0.0190. The highest BCUT2D eigenvalue weighted by atomic mass is 35.5. The highest BCUT2D eigenvalue weighted by molar-refractivity contribution is 6.30. The van der Waals surface area contributed by atoms with Crippen molar-refractivity contribution in [2.75, 3.05) is 0 Å². The first-order valence-electron chi connectivity index (χ1n) is 9.54. The minimum absolute atomic E-state index is 0.0190. The summed E-state index contributed by atoms with van der Waals surface area (Å²) in [5.41, 5.74) is 4.58. The van der Waals surface area contributed by atoms with Gasteiger partial charge in [0.2, 0.25) is 0 Å². The third-order valence-electron chi connectivity index (χ3n) is 5.80. The average Bonchev–Trinajstić information content (AvgIpc) is 2.73. The molecule has 5 rings (SSSR count). The molecule has 0 saturated heterocycles. The van der Waals surface area contributed by atoms with Gasteiger partial charge in [-0.2, -0.15) is 0 Å². The number of para-hydroxylation sites is 1. The molecule has 2 nitrogen and oxygen atoms in total. The van der Waals surface area contributed by atoms with Crippen molar-refractivity contribution >= 4 is 22.6 Å². The molecule has 0 spiro atoms. The molecular formula is C25H19ClO2. The molecule has 1 aliphatic carbocycles. The van der Waals surface area contributed by atoms with Crippen LogP contribution in [0.2, 0.25) is 5.02 Å². The van der Waals surface area contributed by atoms with Gasteiger partial charge < -0.3 is 4.42 Å². The molecule has 28 heavy (non-hydrogen) atoms. The Morgan fingerprint density at radius 2 is 1.43 bits per heavy atom. The first-order valence-corrected chi connectivity index (χ1v) is 9.92. The predicted molar refractivity (Wildman–Crippen MR) is 113 cm³/mol. The van der Waals surface area contributed by atoms with Crippen LogP contribution in [0, 0.1) is 0 Å². The van der Waals surface area contributed by atoms with Crippen molar-refractivity contribution in [2.45, 2.75) is 24.7 Å². The van der Waals surface area contributed by atoms with E-state index in [0.29, 0.717) is 11.0 Å². The predicted octanol–water partition coefficient (Wildman–Crippen LogP) is 6.11. The summed E-state index contributed by atoms with van der Waals surface area (Å²) in [6, 6.07) is 25.7. The normalized spacial score (nSPS) is 18.8. The third kappa shape index (κ3) is 3.04. The van der Waals surface area contributed by atoms with Gasteiger partial charge in [-0.1, -0.05) is 60.1 Å². The van der Waals surface area contributed by atoms with Gasteiger partial charge in [-0.3, -0.25) is 4.79 Å².